The Morgan fingerprint density at radius 3 is 2.63 bits per heavy atom. The van der Waals surface area contributed by atoms with Gasteiger partial charge in [0.2, 0.25) is 5.91 Å². The number of halogens is 2. The summed E-state index contributed by atoms with van der Waals surface area (Å²) >= 11 is 6.19. The first-order valence-electron chi connectivity index (χ1n) is 9.26. The van der Waals surface area contributed by atoms with Gasteiger partial charge in [-0.3, -0.25) is 14.7 Å². The number of hydrogen-bond donors (Lipinski definition) is 3. The molecule has 6 nitrogen and oxygen atoms in total. The average Bonchev–Trinajstić information content (AvgIpc) is 2.66. The van der Waals surface area contributed by atoms with Crippen molar-refractivity contribution in [1.82, 2.24) is 20.9 Å². The molecule has 0 bridgehead atoms. The smallest absolute Gasteiger partial charge is 0.233 e. The zero-order valence-electron chi connectivity index (χ0n) is 16.1. The van der Waals surface area contributed by atoms with E-state index in [2.05, 4.69) is 31.9 Å². The number of benzene rings is 1. The van der Waals surface area contributed by atoms with Gasteiger partial charge in [-0.2, -0.15) is 0 Å². The summed E-state index contributed by atoms with van der Waals surface area (Å²) in [6, 6.07) is 8.37. The molecule has 8 heteroatoms. The van der Waals surface area contributed by atoms with E-state index in [9.17, 15) is 4.79 Å². The number of likely N-dealkylation sites (tertiary alicyclic amines) is 1. The van der Waals surface area contributed by atoms with E-state index < -0.39 is 0 Å². The maximum Gasteiger partial charge on any atom is 0.233 e. The van der Waals surface area contributed by atoms with E-state index in [0.717, 1.165) is 56.3 Å². The summed E-state index contributed by atoms with van der Waals surface area (Å²) in [7, 11) is 3.47. The van der Waals surface area contributed by atoms with Gasteiger partial charge in [-0.1, -0.05) is 29.8 Å². The molecule has 0 aliphatic carbocycles. The molecule has 27 heavy (non-hydrogen) atoms. The SMILES string of the molecule is CN=C(NCCCc1ccccc1Cl)NC1CCN(CC(=O)NC)CC1.I. The highest BCUT2D eigenvalue weighted by Crippen LogP contribution is 2.16. The van der Waals surface area contributed by atoms with Crippen LogP contribution in [0.1, 0.15) is 24.8 Å². The molecule has 0 atom stereocenters. The number of aliphatic imine (C=N–C) groups is 1. The first kappa shape index (κ1) is 24.0. The van der Waals surface area contributed by atoms with Crippen LogP contribution in [0.5, 0.6) is 0 Å². The predicted octanol–water partition coefficient (Wildman–Crippen LogP) is 2.27. The minimum absolute atomic E-state index is 0. The normalized spacial score (nSPS) is 15.7. The Morgan fingerprint density at radius 2 is 2.00 bits per heavy atom. The zero-order chi connectivity index (χ0) is 18.8. The van der Waals surface area contributed by atoms with Gasteiger partial charge in [-0.25, -0.2) is 0 Å². The molecule has 3 N–H and O–H groups in total. The van der Waals surface area contributed by atoms with Crippen LogP contribution in [0, 0.1) is 0 Å². The molecule has 152 valence electrons. The standard InChI is InChI=1S/C19H30ClN5O.HI/c1-21-18(26)14-25-12-9-16(10-13-25)24-19(22-2)23-11-5-7-15-6-3-4-8-17(15)20;/h3-4,6,8,16H,5,7,9-14H2,1-2H3,(H,21,26)(H2,22,23,24);1H. The topological polar surface area (TPSA) is 68.8 Å². The molecular formula is C19H31ClIN5O. The summed E-state index contributed by atoms with van der Waals surface area (Å²) in [5.41, 5.74) is 1.18. The van der Waals surface area contributed by atoms with Crippen molar-refractivity contribution >= 4 is 47.4 Å². The lowest BCUT2D eigenvalue weighted by atomic mass is 10.1. The number of carbonyl (C=O) groups is 1. The van der Waals surface area contributed by atoms with Gasteiger partial charge in [0, 0.05) is 44.8 Å². The van der Waals surface area contributed by atoms with Crippen LogP contribution < -0.4 is 16.0 Å². The van der Waals surface area contributed by atoms with E-state index in [1.54, 1.807) is 14.1 Å². The van der Waals surface area contributed by atoms with E-state index in [1.807, 2.05) is 18.2 Å². The number of nitrogens with one attached hydrogen (secondary N) is 3. The number of amides is 1. The molecule has 1 aliphatic rings. The van der Waals surface area contributed by atoms with Gasteiger partial charge in [0.25, 0.3) is 0 Å². The van der Waals surface area contributed by atoms with Crippen molar-refractivity contribution in [2.45, 2.75) is 31.7 Å². The number of piperidine rings is 1. The molecular weight excluding hydrogens is 477 g/mol. The third-order valence-corrected chi connectivity index (χ3v) is 5.04. The summed E-state index contributed by atoms with van der Waals surface area (Å²) in [6.07, 6.45) is 3.96. The lowest BCUT2D eigenvalue weighted by molar-refractivity contribution is -0.122. The second-order valence-corrected chi connectivity index (χ2v) is 6.97. The van der Waals surface area contributed by atoms with Crippen molar-refractivity contribution in [3.05, 3.63) is 34.9 Å². The third-order valence-electron chi connectivity index (χ3n) is 4.67. The number of carbonyl (C=O) groups excluding carboxylic acids is 1. The maximum atomic E-state index is 11.5. The minimum atomic E-state index is 0. The van der Waals surface area contributed by atoms with Gasteiger partial charge in [-0.15, -0.1) is 24.0 Å². The number of aryl methyl sites for hydroxylation is 1. The van der Waals surface area contributed by atoms with Crippen molar-refractivity contribution in [3.8, 4) is 0 Å². The van der Waals surface area contributed by atoms with Gasteiger partial charge in [0.05, 0.1) is 6.54 Å². The zero-order valence-corrected chi connectivity index (χ0v) is 19.2. The number of likely N-dealkylation sites (N-methyl/N-ethyl adjacent to an activating group) is 1. The van der Waals surface area contributed by atoms with E-state index in [1.165, 1.54) is 5.56 Å². The van der Waals surface area contributed by atoms with Crippen molar-refractivity contribution < 1.29 is 4.79 Å². The number of rotatable bonds is 7. The Kier molecular flexibility index (Phi) is 11.7. The lowest BCUT2D eigenvalue weighted by Crippen LogP contribution is -2.50. The summed E-state index contributed by atoms with van der Waals surface area (Å²) in [4.78, 5) is 18.0. The fraction of sp³-hybridized carbons (Fsp3) is 0.579. The highest BCUT2D eigenvalue weighted by atomic mass is 127. The second kappa shape index (κ2) is 13.2. The molecule has 1 amide bonds. The Morgan fingerprint density at radius 1 is 1.30 bits per heavy atom. The molecule has 1 aromatic rings. The summed E-state index contributed by atoms with van der Waals surface area (Å²) in [5, 5.41) is 10.4. The van der Waals surface area contributed by atoms with Gasteiger partial charge < -0.3 is 16.0 Å². The highest BCUT2D eigenvalue weighted by molar-refractivity contribution is 14.0. The minimum Gasteiger partial charge on any atom is -0.358 e. The predicted molar refractivity (Wildman–Crippen MR) is 123 cm³/mol. The number of nitrogens with zero attached hydrogens (tertiary/aromatic N) is 2. The first-order chi connectivity index (χ1) is 12.6. The van der Waals surface area contributed by atoms with Crippen LogP contribution in [0.3, 0.4) is 0 Å². The van der Waals surface area contributed by atoms with Crippen molar-refractivity contribution in [3.63, 3.8) is 0 Å². The van der Waals surface area contributed by atoms with Gasteiger partial charge in [0.15, 0.2) is 5.96 Å². The molecule has 1 aliphatic heterocycles. The summed E-state index contributed by atoms with van der Waals surface area (Å²) in [5.74, 6) is 0.918. The van der Waals surface area contributed by atoms with Gasteiger partial charge in [0.1, 0.15) is 0 Å². The van der Waals surface area contributed by atoms with E-state index >= 15 is 0 Å². The monoisotopic (exact) mass is 507 g/mol. The quantitative estimate of drug-likeness (QED) is 0.229. The largest absolute Gasteiger partial charge is 0.358 e. The van der Waals surface area contributed by atoms with Crippen molar-refractivity contribution in [2.24, 2.45) is 4.99 Å². The van der Waals surface area contributed by atoms with Gasteiger partial charge in [-0.05, 0) is 37.3 Å². The molecule has 0 unspecified atom stereocenters. The Bertz CT molecular complexity index is 606. The van der Waals surface area contributed by atoms with Crippen LogP contribution in [0.15, 0.2) is 29.3 Å². The molecule has 0 radical (unpaired) electrons. The van der Waals surface area contributed by atoms with Gasteiger partial charge >= 0.3 is 0 Å². The molecule has 0 aromatic heterocycles. The second-order valence-electron chi connectivity index (χ2n) is 6.56. The lowest BCUT2D eigenvalue weighted by Gasteiger charge is -2.32. The molecule has 1 saturated heterocycles. The first-order valence-corrected chi connectivity index (χ1v) is 9.63. The van der Waals surface area contributed by atoms with Crippen LogP contribution in [-0.4, -0.2) is 63.1 Å². The van der Waals surface area contributed by atoms with E-state index in [-0.39, 0.29) is 29.9 Å². The number of hydrogen-bond acceptors (Lipinski definition) is 3. The van der Waals surface area contributed by atoms with Crippen LogP contribution >= 0.6 is 35.6 Å². The fourth-order valence-corrected chi connectivity index (χ4v) is 3.32. The van der Waals surface area contributed by atoms with Crippen molar-refractivity contribution in [1.29, 1.82) is 0 Å². The van der Waals surface area contributed by atoms with Crippen molar-refractivity contribution in [2.75, 3.05) is 40.3 Å². The summed E-state index contributed by atoms with van der Waals surface area (Å²) in [6.45, 7) is 3.18. The molecule has 1 heterocycles. The van der Waals surface area contributed by atoms with Crippen LogP contribution in [0.4, 0.5) is 0 Å². The Balaban J connectivity index is 0.00000364. The average molecular weight is 508 g/mol. The Labute approximate surface area is 184 Å². The third kappa shape index (κ3) is 8.66. The number of guanidine groups is 1. The van der Waals surface area contributed by atoms with E-state index in [0.29, 0.717) is 12.6 Å². The highest BCUT2D eigenvalue weighted by Gasteiger charge is 2.21. The molecule has 0 spiro atoms. The van der Waals surface area contributed by atoms with Crippen LogP contribution in [0.25, 0.3) is 0 Å². The fourth-order valence-electron chi connectivity index (χ4n) is 3.09. The molecule has 1 fully saturated rings. The Hall–Kier alpha value is -1.06. The molecule has 1 aromatic carbocycles. The molecule has 2 rings (SSSR count). The van der Waals surface area contributed by atoms with E-state index in [4.69, 9.17) is 11.6 Å². The molecule has 0 saturated carbocycles. The van der Waals surface area contributed by atoms with Crippen LogP contribution in [0.2, 0.25) is 5.02 Å². The maximum absolute atomic E-state index is 11.5. The van der Waals surface area contributed by atoms with Crippen LogP contribution in [-0.2, 0) is 11.2 Å². The summed E-state index contributed by atoms with van der Waals surface area (Å²) < 4.78 is 0.